The lowest BCUT2D eigenvalue weighted by Gasteiger charge is -2.32. The molecule has 24 heavy (non-hydrogen) atoms. The molecule has 1 aliphatic heterocycles. The number of rotatable bonds is 8. The lowest BCUT2D eigenvalue weighted by Crippen LogP contribution is -2.32. The van der Waals surface area contributed by atoms with Gasteiger partial charge in [-0.25, -0.2) is 0 Å². The zero-order chi connectivity index (χ0) is 17.4. The third-order valence-electron chi connectivity index (χ3n) is 4.45. The van der Waals surface area contributed by atoms with E-state index >= 15 is 0 Å². The first-order chi connectivity index (χ1) is 11.6. The van der Waals surface area contributed by atoms with E-state index in [2.05, 4.69) is 29.3 Å². The predicted octanol–water partition coefficient (Wildman–Crippen LogP) is 3.30. The fourth-order valence-electron chi connectivity index (χ4n) is 2.77. The van der Waals surface area contributed by atoms with Crippen molar-refractivity contribution >= 4 is 17.3 Å². The SMILES string of the molecule is CCOCCO[C@@H](C)C(=O)Nc1ccc(N2CCC(C)CC2)cc1. The third kappa shape index (κ3) is 5.80. The minimum Gasteiger partial charge on any atom is -0.379 e. The van der Waals surface area contributed by atoms with Crippen LogP contribution in [0.3, 0.4) is 0 Å². The summed E-state index contributed by atoms with van der Waals surface area (Å²) < 4.78 is 10.7. The molecule has 0 aromatic heterocycles. The molecule has 5 nitrogen and oxygen atoms in total. The second-order valence-electron chi connectivity index (χ2n) is 6.42. The van der Waals surface area contributed by atoms with Gasteiger partial charge in [0.05, 0.1) is 13.2 Å². The Morgan fingerprint density at radius 3 is 2.54 bits per heavy atom. The number of hydrogen-bond acceptors (Lipinski definition) is 4. The van der Waals surface area contributed by atoms with Gasteiger partial charge in [0.25, 0.3) is 5.91 Å². The molecule has 1 saturated heterocycles. The van der Waals surface area contributed by atoms with E-state index in [9.17, 15) is 4.79 Å². The first-order valence-corrected chi connectivity index (χ1v) is 8.95. The van der Waals surface area contributed by atoms with Gasteiger partial charge in [0, 0.05) is 31.1 Å². The number of hydrogen-bond donors (Lipinski definition) is 1. The molecule has 0 radical (unpaired) electrons. The summed E-state index contributed by atoms with van der Waals surface area (Å²) in [6, 6.07) is 8.06. The maximum absolute atomic E-state index is 12.1. The molecule has 0 spiro atoms. The van der Waals surface area contributed by atoms with Crippen LogP contribution >= 0.6 is 0 Å². The number of ether oxygens (including phenoxy) is 2. The molecular weight excluding hydrogens is 304 g/mol. The van der Waals surface area contributed by atoms with E-state index in [1.165, 1.54) is 18.5 Å². The standard InChI is InChI=1S/C19H30N2O3/c1-4-23-13-14-24-16(3)19(22)20-17-5-7-18(8-6-17)21-11-9-15(2)10-12-21/h5-8,15-16H,4,9-14H2,1-3H3,(H,20,22)/t16-/m0/s1. The highest BCUT2D eigenvalue weighted by Gasteiger charge is 2.16. The molecule has 2 rings (SSSR count). The highest BCUT2D eigenvalue weighted by Crippen LogP contribution is 2.24. The average molecular weight is 334 g/mol. The first-order valence-electron chi connectivity index (χ1n) is 8.95. The molecule has 1 amide bonds. The number of carbonyl (C=O) groups is 1. The van der Waals surface area contributed by atoms with E-state index in [-0.39, 0.29) is 5.91 Å². The molecule has 1 fully saturated rings. The van der Waals surface area contributed by atoms with E-state index < -0.39 is 6.10 Å². The molecule has 1 heterocycles. The van der Waals surface area contributed by atoms with Crippen LogP contribution in [-0.4, -0.2) is 44.9 Å². The summed E-state index contributed by atoms with van der Waals surface area (Å²) in [5.74, 6) is 0.690. The molecule has 0 aliphatic carbocycles. The maximum Gasteiger partial charge on any atom is 0.253 e. The number of anilines is 2. The highest BCUT2D eigenvalue weighted by atomic mass is 16.5. The molecule has 1 aromatic carbocycles. The summed E-state index contributed by atoms with van der Waals surface area (Å²) in [5.41, 5.74) is 2.02. The number of nitrogens with one attached hydrogen (secondary N) is 1. The normalized spacial score (nSPS) is 16.9. The van der Waals surface area contributed by atoms with E-state index in [0.717, 1.165) is 24.7 Å². The fraction of sp³-hybridized carbons (Fsp3) is 0.632. The monoisotopic (exact) mass is 334 g/mol. The quantitative estimate of drug-likeness (QED) is 0.741. The van der Waals surface area contributed by atoms with Gasteiger partial charge in [-0.1, -0.05) is 6.92 Å². The van der Waals surface area contributed by atoms with Crippen molar-refractivity contribution in [1.29, 1.82) is 0 Å². The molecule has 134 valence electrons. The van der Waals surface area contributed by atoms with Crippen LogP contribution in [0.4, 0.5) is 11.4 Å². The summed E-state index contributed by atoms with van der Waals surface area (Å²) in [5, 5.41) is 2.90. The predicted molar refractivity (Wildman–Crippen MR) is 97.6 cm³/mol. The molecule has 5 heteroatoms. The molecule has 1 aliphatic rings. The van der Waals surface area contributed by atoms with Gasteiger partial charge in [-0.3, -0.25) is 4.79 Å². The Balaban J connectivity index is 1.79. The Hall–Kier alpha value is -1.59. The van der Waals surface area contributed by atoms with Crippen LogP contribution in [0, 0.1) is 5.92 Å². The number of benzene rings is 1. The maximum atomic E-state index is 12.1. The van der Waals surface area contributed by atoms with Gasteiger partial charge >= 0.3 is 0 Å². The minimum absolute atomic E-state index is 0.133. The van der Waals surface area contributed by atoms with Crippen LogP contribution in [0.15, 0.2) is 24.3 Å². The van der Waals surface area contributed by atoms with Crippen LogP contribution in [0.25, 0.3) is 0 Å². The summed E-state index contributed by atoms with van der Waals surface area (Å²) >= 11 is 0. The van der Waals surface area contributed by atoms with Gasteiger partial charge in [-0.05, 0) is 56.9 Å². The van der Waals surface area contributed by atoms with Gasteiger partial charge in [-0.15, -0.1) is 0 Å². The van der Waals surface area contributed by atoms with E-state index in [0.29, 0.717) is 19.8 Å². The minimum atomic E-state index is -0.492. The van der Waals surface area contributed by atoms with Crippen molar-refractivity contribution in [2.24, 2.45) is 5.92 Å². The van der Waals surface area contributed by atoms with Crippen molar-refractivity contribution in [1.82, 2.24) is 0 Å². The first kappa shape index (κ1) is 18.7. The number of carbonyl (C=O) groups excluding carboxylic acids is 1. The Morgan fingerprint density at radius 1 is 1.25 bits per heavy atom. The zero-order valence-corrected chi connectivity index (χ0v) is 15.1. The van der Waals surface area contributed by atoms with Crippen molar-refractivity contribution in [3.05, 3.63) is 24.3 Å². The molecule has 1 aromatic rings. The van der Waals surface area contributed by atoms with Crippen LogP contribution < -0.4 is 10.2 Å². The van der Waals surface area contributed by atoms with Gasteiger partial charge in [0.1, 0.15) is 6.10 Å². The van der Waals surface area contributed by atoms with Gasteiger partial charge in [-0.2, -0.15) is 0 Å². The second-order valence-corrected chi connectivity index (χ2v) is 6.42. The van der Waals surface area contributed by atoms with Crippen molar-refractivity contribution in [2.75, 3.05) is 43.1 Å². The highest BCUT2D eigenvalue weighted by molar-refractivity contribution is 5.94. The van der Waals surface area contributed by atoms with Crippen LogP contribution in [-0.2, 0) is 14.3 Å². The number of nitrogens with zero attached hydrogens (tertiary/aromatic N) is 1. The van der Waals surface area contributed by atoms with Gasteiger partial charge in [0.15, 0.2) is 0 Å². The van der Waals surface area contributed by atoms with Crippen molar-refractivity contribution in [2.45, 2.75) is 39.7 Å². The van der Waals surface area contributed by atoms with Gasteiger partial charge < -0.3 is 19.7 Å². The third-order valence-corrected chi connectivity index (χ3v) is 4.45. The van der Waals surface area contributed by atoms with Gasteiger partial charge in [0.2, 0.25) is 0 Å². The Morgan fingerprint density at radius 2 is 1.92 bits per heavy atom. The van der Waals surface area contributed by atoms with Crippen molar-refractivity contribution in [3.63, 3.8) is 0 Å². The smallest absolute Gasteiger partial charge is 0.253 e. The number of piperidine rings is 1. The molecule has 0 unspecified atom stereocenters. The van der Waals surface area contributed by atoms with Crippen molar-refractivity contribution < 1.29 is 14.3 Å². The molecule has 1 atom stereocenters. The zero-order valence-electron chi connectivity index (χ0n) is 15.1. The van der Waals surface area contributed by atoms with Crippen LogP contribution in [0.5, 0.6) is 0 Å². The summed E-state index contributed by atoms with van der Waals surface area (Å²) in [4.78, 5) is 14.5. The Kier molecular flexibility index (Phi) is 7.53. The van der Waals surface area contributed by atoms with E-state index in [1.807, 2.05) is 19.1 Å². The topological polar surface area (TPSA) is 50.8 Å². The fourth-order valence-corrected chi connectivity index (χ4v) is 2.77. The Labute approximate surface area is 145 Å². The second kappa shape index (κ2) is 9.64. The molecular formula is C19H30N2O3. The molecule has 1 N–H and O–H groups in total. The summed E-state index contributed by atoms with van der Waals surface area (Å²) in [7, 11) is 0. The van der Waals surface area contributed by atoms with Crippen LogP contribution in [0.2, 0.25) is 0 Å². The largest absolute Gasteiger partial charge is 0.379 e. The molecule has 0 bridgehead atoms. The lowest BCUT2D eigenvalue weighted by atomic mass is 9.99. The average Bonchev–Trinajstić information content (AvgIpc) is 2.60. The van der Waals surface area contributed by atoms with Crippen LogP contribution in [0.1, 0.15) is 33.6 Å². The van der Waals surface area contributed by atoms with E-state index in [1.54, 1.807) is 6.92 Å². The lowest BCUT2D eigenvalue weighted by molar-refractivity contribution is -0.127. The molecule has 0 saturated carbocycles. The summed E-state index contributed by atoms with van der Waals surface area (Å²) in [6.07, 6.45) is 2.00. The Bertz CT molecular complexity index is 496. The van der Waals surface area contributed by atoms with E-state index in [4.69, 9.17) is 9.47 Å². The number of amides is 1. The van der Waals surface area contributed by atoms with Crippen molar-refractivity contribution in [3.8, 4) is 0 Å². The summed E-state index contributed by atoms with van der Waals surface area (Å²) in [6.45, 7) is 9.82.